The normalized spacial score (nSPS) is 19.2. The lowest BCUT2D eigenvalue weighted by Gasteiger charge is -2.38. The zero-order chi connectivity index (χ0) is 10.3. The predicted octanol–water partition coefficient (Wildman–Crippen LogP) is 1.26. The predicted molar refractivity (Wildman–Crippen MR) is 47.1 cm³/mol. The third-order valence-electron chi connectivity index (χ3n) is 1.93. The van der Waals surface area contributed by atoms with Crippen LogP contribution in [0.15, 0.2) is 10.7 Å². The van der Waals surface area contributed by atoms with Gasteiger partial charge in [-0.05, 0) is 15.9 Å². The van der Waals surface area contributed by atoms with Crippen molar-refractivity contribution in [2.45, 2.75) is 5.92 Å². The minimum absolute atomic E-state index is 0.139. The number of nitrogens with zero attached hydrogens (tertiary/aromatic N) is 2. The van der Waals surface area contributed by atoms with E-state index in [1.54, 1.807) is 0 Å². The van der Waals surface area contributed by atoms with Crippen molar-refractivity contribution in [3.05, 3.63) is 16.4 Å². The van der Waals surface area contributed by atoms with E-state index in [0.29, 0.717) is 4.47 Å². The summed E-state index contributed by atoms with van der Waals surface area (Å²) in [4.78, 5) is 12.5. The first-order valence-corrected chi connectivity index (χ1v) is 4.65. The molecule has 1 amide bonds. The first kappa shape index (κ1) is 9.57. The van der Waals surface area contributed by atoms with E-state index >= 15 is 0 Å². The molecule has 1 aliphatic heterocycles. The van der Waals surface area contributed by atoms with Crippen LogP contribution in [-0.4, -0.2) is 40.0 Å². The maximum atomic E-state index is 12.5. The second kappa shape index (κ2) is 3.01. The Balaban J connectivity index is 2.08. The van der Waals surface area contributed by atoms with Gasteiger partial charge in [-0.3, -0.25) is 9.89 Å². The Morgan fingerprint density at radius 2 is 2.29 bits per heavy atom. The van der Waals surface area contributed by atoms with Gasteiger partial charge in [0.15, 0.2) is 5.69 Å². The van der Waals surface area contributed by atoms with Gasteiger partial charge in [0.05, 0.1) is 17.6 Å². The summed E-state index contributed by atoms with van der Waals surface area (Å²) < 4.78 is 25.4. The molecule has 2 heterocycles. The van der Waals surface area contributed by atoms with Gasteiger partial charge in [0, 0.05) is 6.20 Å². The Labute approximate surface area is 86.4 Å². The highest BCUT2D eigenvalue weighted by molar-refractivity contribution is 9.10. The average Bonchev–Trinajstić information content (AvgIpc) is 2.45. The van der Waals surface area contributed by atoms with Crippen molar-refractivity contribution >= 4 is 21.8 Å². The maximum Gasteiger partial charge on any atom is 0.282 e. The van der Waals surface area contributed by atoms with Crippen molar-refractivity contribution in [2.24, 2.45) is 0 Å². The fourth-order valence-electron chi connectivity index (χ4n) is 1.23. The van der Waals surface area contributed by atoms with Crippen LogP contribution in [0.4, 0.5) is 8.78 Å². The van der Waals surface area contributed by atoms with Crippen LogP contribution < -0.4 is 0 Å². The number of nitrogens with one attached hydrogen (secondary N) is 1. The first-order valence-electron chi connectivity index (χ1n) is 3.86. The molecule has 7 heteroatoms. The highest BCUT2D eigenvalue weighted by atomic mass is 79.9. The van der Waals surface area contributed by atoms with Gasteiger partial charge in [0.25, 0.3) is 11.8 Å². The second-order valence-electron chi connectivity index (χ2n) is 3.10. The zero-order valence-electron chi connectivity index (χ0n) is 6.93. The zero-order valence-corrected chi connectivity index (χ0v) is 8.51. The van der Waals surface area contributed by atoms with Gasteiger partial charge in [-0.1, -0.05) is 0 Å². The quantitative estimate of drug-likeness (QED) is 0.831. The number of alkyl halides is 2. The minimum atomic E-state index is -2.74. The number of aromatic nitrogens is 2. The second-order valence-corrected chi connectivity index (χ2v) is 3.95. The Kier molecular flexibility index (Phi) is 2.06. The minimum Gasteiger partial charge on any atom is -0.325 e. The molecule has 0 atom stereocenters. The lowest BCUT2D eigenvalue weighted by Crippen LogP contribution is -2.58. The van der Waals surface area contributed by atoms with E-state index in [4.69, 9.17) is 0 Å². The lowest BCUT2D eigenvalue weighted by molar-refractivity contribution is -0.113. The number of aromatic amines is 1. The van der Waals surface area contributed by atoms with E-state index in [9.17, 15) is 13.6 Å². The van der Waals surface area contributed by atoms with Crippen LogP contribution in [0.1, 0.15) is 10.5 Å². The molecular weight excluding hydrogens is 260 g/mol. The molecule has 0 radical (unpaired) electrons. The fraction of sp³-hybridized carbons (Fsp3) is 0.429. The van der Waals surface area contributed by atoms with Crippen LogP contribution in [0.3, 0.4) is 0 Å². The molecule has 1 aromatic heterocycles. The van der Waals surface area contributed by atoms with Crippen LogP contribution in [0, 0.1) is 0 Å². The molecule has 0 unspecified atom stereocenters. The molecule has 14 heavy (non-hydrogen) atoms. The van der Waals surface area contributed by atoms with Crippen LogP contribution in [0.5, 0.6) is 0 Å². The van der Waals surface area contributed by atoms with E-state index in [1.165, 1.54) is 6.20 Å². The third-order valence-corrected chi connectivity index (χ3v) is 2.53. The number of likely N-dealkylation sites (tertiary alicyclic amines) is 1. The molecule has 0 bridgehead atoms. The number of halogens is 3. The molecule has 2 rings (SSSR count). The summed E-state index contributed by atoms with van der Waals surface area (Å²) in [5.74, 6) is -3.22. The van der Waals surface area contributed by atoms with Gasteiger partial charge in [0.1, 0.15) is 0 Å². The van der Waals surface area contributed by atoms with Crippen molar-refractivity contribution in [3.8, 4) is 0 Å². The van der Waals surface area contributed by atoms with Gasteiger partial charge in [-0.15, -0.1) is 0 Å². The highest BCUT2D eigenvalue weighted by Gasteiger charge is 2.47. The van der Waals surface area contributed by atoms with Crippen molar-refractivity contribution in [2.75, 3.05) is 13.1 Å². The van der Waals surface area contributed by atoms with Gasteiger partial charge in [-0.25, -0.2) is 8.78 Å². The van der Waals surface area contributed by atoms with Crippen LogP contribution in [0.2, 0.25) is 0 Å². The highest BCUT2D eigenvalue weighted by Crippen LogP contribution is 2.28. The monoisotopic (exact) mass is 265 g/mol. The molecule has 0 saturated carbocycles. The molecule has 0 spiro atoms. The van der Waals surface area contributed by atoms with Crippen molar-refractivity contribution < 1.29 is 13.6 Å². The topological polar surface area (TPSA) is 49.0 Å². The summed E-state index contributed by atoms with van der Waals surface area (Å²) in [7, 11) is 0. The number of amides is 1. The Bertz CT molecular complexity index is 371. The number of hydrogen-bond donors (Lipinski definition) is 1. The number of carbonyl (C=O) groups is 1. The molecule has 0 aromatic carbocycles. The molecule has 1 N–H and O–H groups in total. The Morgan fingerprint density at radius 1 is 1.64 bits per heavy atom. The number of rotatable bonds is 1. The largest absolute Gasteiger partial charge is 0.325 e. The Hall–Kier alpha value is -0.980. The summed E-state index contributed by atoms with van der Waals surface area (Å²) >= 11 is 3.09. The molecule has 4 nitrogen and oxygen atoms in total. The Morgan fingerprint density at radius 3 is 2.71 bits per heavy atom. The fourth-order valence-corrected chi connectivity index (χ4v) is 1.59. The molecule has 1 fully saturated rings. The summed E-state index contributed by atoms with van der Waals surface area (Å²) in [5, 5.41) is 6.13. The van der Waals surface area contributed by atoms with Crippen molar-refractivity contribution in [3.63, 3.8) is 0 Å². The molecular formula is C7H6BrF2N3O. The van der Waals surface area contributed by atoms with Crippen LogP contribution in [-0.2, 0) is 0 Å². The van der Waals surface area contributed by atoms with E-state index in [2.05, 4.69) is 26.1 Å². The first-order chi connectivity index (χ1) is 6.49. The summed E-state index contributed by atoms with van der Waals surface area (Å²) in [6.45, 7) is -1.05. The standard InChI is InChI=1S/C7H6BrF2N3O/c8-4-1-11-12-5(4)6(14)13-2-7(9,10)3-13/h1H,2-3H2,(H,11,12). The summed E-state index contributed by atoms with van der Waals surface area (Å²) in [6, 6.07) is 0. The number of carbonyl (C=O) groups excluding carboxylic acids is 1. The maximum absolute atomic E-state index is 12.5. The molecule has 1 aromatic rings. The molecule has 76 valence electrons. The van der Waals surface area contributed by atoms with Gasteiger partial charge >= 0.3 is 0 Å². The van der Waals surface area contributed by atoms with Crippen molar-refractivity contribution in [1.29, 1.82) is 0 Å². The van der Waals surface area contributed by atoms with Gasteiger partial charge in [0.2, 0.25) is 0 Å². The van der Waals surface area contributed by atoms with E-state index < -0.39 is 24.9 Å². The number of hydrogen-bond acceptors (Lipinski definition) is 2. The molecule has 0 aliphatic carbocycles. The number of H-pyrrole nitrogens is 1. The van der Waals surface area contributed by atoms with Gasteiger partial charge in [-0.2, -0.15) is 5.10 Å². The van der Waals surface area contributed by atoms with E-state index in [1.807, 2.05) is 0 Å². The lowest BCUT2D eigenvalue weighted by atomic mass is 10.1. The third kappa shape index (κ3) is 1.52. The van der Waals surface area contributed by atoms with E-state index in [0.717, 1.165) is 4.90 Å². The van der Waals surface area contributed by atoms with Gasteiger partial charge < -0.3 is 4.90 Å². The SMILES string of the molecule is O=C(c1n[nH]cc1Br)N1CC(F)(F)C1. The molecule has 1 aliphatic rings. The molecule has 1 saturated heterocycles. The summed E-state index contributed by atoms with van der Waals surface area (Å²) in [6.07, 6.45) is 1.48. The van der Waals surface area contributed by atoms with Crippen LogP contribution in [0.25, 0.3) is 0 Å². The average molecular weight is 266 g/mol. The van der Waals surface area contributed by atoms with Crippen molar-refractivity contribution in [1.82, 2.24) is 15.1 Å². The van der Waals surface area contributed by atoms with E-state index in [-0.39, 0.29) is 5.69 Å². The van der Waals surface area contributed by atoms with Crippen LogP contribution >= 0.6 is 15.9 Å². The summed E-state index contributed by atoms with van der Waals surface area (Å²) in [5.41, 5.74) is 0.139. The smallest absolute Gasteiger partial charge is 0.282 e.